The predicted octanol–water partition coefficient (Wildman–Crippen LogP) is 5.83. The zero-order chi connectivity index (χ0) is 25.4. The van der Waals surface area contributed by atoms with Gasteiger partial charge in [-0.1, -0.05) is 52.0 Å². The standard InChI is InChI=1S/C30H44FN3O/c1-22(2)17-19-34(28-6-5-18-33(21-28)30(35)29(32)20-23(3)4)27-15-11-25(12-16-27)8-7-24-9-13-26(31)14-10-24/h9-16,22-23,28-29H,5-8,17-21,32H2,1-4H3/t28-,29?/m0/s1. The maximum absolute atomic E-state index is 13.2. The number of anilines is 1. The third-order valence-electron chi connectivity index (χ3n) is 7.02. The van der Waals surface area contributed by atoms with Crippen LogP contribution in [0.1, 0.15) is 64.5 Å². The summed E-state index contributed by atoms with van der Waals surface area (Å²) >= 11 is 0. The predicted molar refractivity (Wildman–Crippen MR) is 144 cm³/mol. The van der Waals surface area contributed by atoms with Crippen LogP contribution in [0.15, 0.2) is 48.5 Å². The lowest BCUT2D eigenvalue weighted by Gasteiger charge is -2.41. The minimum atomic E-state index is -0.404. The van der Waals surface area contributed by atoms with Crippen molar-refractivity contribution in [1.82, 2.24) is 4.90 Å². The minimum Gasteiger partial charge on any atom is -0.367 e. The van der Waals surface area contributed by atoms with Crippen molar-refractivity contribution in [3.8, 4) is 0 Å². The van der Waals surface area contributed by atoms with Gasteiger partial charge in [0.25, 0.3) is 0 Å². The number of piperidine rings is 1. The second-order valence-corrected chi connectivity index (χ2v) is 11.0. The highest BCUT2D eigenvalue weighted by atomic mass is 19.1. The Morgan fingerprint density at radius 3 is 2.17 bits per heavy atom. The van der Waals surface area contributed by atoms with Crippen molar-refractivity contribution in [2.45, 2.75) is 78.3 Å². The Bertz CT molecular complexity index is 910. The molecule has 1 aliphatic rings. The number of aryl methyl sites for hydroxylation is 2. The molecule has 2 atom stereocenters. The van der Waals surface area contributed by atoms with E-state index in [1.165, 1.54) is 23.4 Å². The Labute approximate surface area is 211 Å². The highest BCUT2D eigenvalue weighted by Crippen LogP contribution is 2.26. The van der Waals surface area contributed by atoms with Crippen LogP contribution in [0.5, 0.6) is 0 Å². The molecule has 192 valence electrons. The van der Waals surface area contributed by atoms with Gasteiger partial charge in [0.05, 0.1) is 6.04 Å². The Hall–Kier alpha value is -2.40. The van der Waals surface area contributed by atoms with Crippen LogP contribution in [0, 0.1) is 17.7 Å². The molecular weight excluding hydrogens is 437 g/mol. The first-order chi connectivity index (χ1) is 16.7. The van der Waals surface area contributed by atoms with Gasteiger partial charge >= 0.3 is 0 Å². The summed E-state index contributed by atoms with van der Waals surface area (Å²) in [6, 6.07) is 15.6. The normalized spacial score (nSPS) is 17.1. The molecular formula is C30H44FN3O. The fourth-order valence-electron chi connectivity index (χ4n) is 4.97. The summed E-state index contributed by atoms with van der Waals surface area (Å²) in [6.45, 7) is 11.3. The van der Waals surface area contributed by atoms with Crippen LogP contribution >= 0.6 is 0 Å². The van der Waals surface area contributed by atoms with Gasteiger partial charge in [-0.05, 0) is 85.8 Å². The fourth-order valence-corrected chi connectivity index (χ4v) is 4.97. The summed E-state index contributed by atoms with van der Waals surface area (Å²) < 4.78 is 13.2. The van der Waals surface area contributed by atoms with Crippen LogP contribution in [-0.2, 0) is 17.6 Å². The van der Waals surface area contributed by atoms with Crippen molar-refractivity contribution in [3.05, 3.63) is 65.5 Å². The molecule has 0 bridgehead atoms. The molecule has 5 heteroatoms. The molecule has 4 nitrogen and oxygen atoms in total. The molecule has 1 saturated heterocycles. The van der Waals surface area contributed by atoms with E-state index >= 15 is 0 Å². The molecule has 2 aromatic carbocycles. The second-order valence-electron chi connectivity index (χ2n) is 11.0. The van der Waals surface area contributed by atoms with Crippen LogP contribution in [0.25, 0.3) is 0 Å². The van der Waals surface area contributed by atoms with E-state index in [1.54, 1.807) is 0 Å². The van der Waals surface area contributed by atoms with Gasteiger partial charge in [-0.25, -0.2) is 4.39 Å². The Morgan fingerprint density at radius 1 is 1.00 bits per heavy atom. The lowest BCUT2D eigenvalue weighted by molar-refractivity contribution is -0.134. The molecule has 1 fully saturated rings. The van der Waals surface area contributed by atoms with E-state index in [2.05, 4.69) is 56.9 Å². The second kappa shape index (κ2) is 13.1. The molecule has 2 N–H and O–H groups in total. The molecule has 0 radical (unpaired) electrons. The highest BCUT2D eigenvalue weighted by Gasteiger charge is 2.30. The van der Waals surface area contributed by atoms with Crippen molar-refractivity contribution >= 4 is 11.6 Å². The van der Waals surface area contributed by atoms with Gasteiger partial charge in [0, 0.05) is 31.4 Å². The van der Waals surface area contributed by atoms with Crippen LogP contribution in [0.3, 0.4) is 0 Å². The first-order valence-electron chi connectivity index (χ1n) is 13.4. The molecule has 3 rings (SSSR count). The molecule has 0 aliphatic carbocycles. The van der Waals surface area contributed by atoms with E-state index in [-0.39, 0.29) is 11.7 Å². The number of nitrogens with two attached hydrogens (primary N) is 1. The van der Waals surface area contributed by atoms with Gasteiger partial charge in [0.15, 0.2) is 0 Å². The summed E-state index contributed by atoms with van der Waals surface area (Å²) in [5.41, 5.74) is 9.90. The first kappa shape index (κ1) is 27.2. The van der Waals surface area contributed by atoms with E-state index in [1.807, 2.05) is 17.0 Å². The van der Waals surface area contributed by atoms with Crippen molar-refractivity contribution < 1.29 is 9.18 Å². The zero-order valence-electron chi connectivity index (χ0n) is 22.1. The highest BCUT2D eigenvalue weighted by molar-refractivity contribution is 5.81. The lowest BCUT2D eigenvalue weighted by atomic mass is 9.98. The zero-order valence-corrected chi connectivity index (χ0v) is 22.1. The Kier molecular flexibility index (Phi) is 10.1. The number of carbonyl (C=O) groups excluding carboxylic acids is 1. The molecule has 0 aromatic heterocycles. The first-order valence-corrected chi connectivity index (χ1v) is 13.4. The number of halogens is 1. The maximum atomic E-state index is 13.2. The number of benzene rings is 2. The molecule has 1 aliphatic heterocycles. The van der Waals surface area contributed by atoms with Gasteiger partial charge in [-0.15, -0.1) is 0 Å². The quantitative estimate of drug-likeness (QED) is 0.439. The van der Waals surface area contributed by atoms with E-state index in [0.717, 1.165) is 63.7 Å². The van der Waals surface area contributed by atoms with Gasteiger partial charge in [-0.3, -0.25) is 4.79 Å². The Balaban J connectivity index is 1.68. The third kappa shape index (κ3) is 8.34. The van der Waals surface area contributed by atoms with Gasteiger partial charge in [-0.2, -0.15) is 0 Å². The number of nitrogens with zero attached hydrogens (tertiary/aromatic N) is 2. The van der Waals surface area contributed by atoms with Crippen molar-refractivity contribution in [3.63, 3.8) is 0 Å². The molecule has 0 saturated carbocycles. The molecule has 0 spiro atoms. The summed E-state index contributed by atoms with van der Waals surface area (Å²) in [5, 5.41) is 0. The van der Waals surface area contributed by atoms with Gasteiger partial charge in [0.1, 0.15) is 5.82 Å². The number of likely N-dealkylation sites (tertiary alicyclic amines) is 1. The number of amides is 1. The molecule has 1 unspecified atom stereocenters. The smallest absolute Gasteiger partial charge is 0.239 e. The van der Waals surface area contributed by atoms with Crippen LogP contribution in [-0.4, -0.2) is 42.5 Å². The average Bonchev–Trinajstić information content (AvgIpc) is 2.83. The molecule has 35 heavy (non-hydrogen) atoms. The van der Waals surface area contributed by atoms with E-state index < -0.39 is 6.04 Å². The SMILES string of the molecule is CC(C)CCN(c1ccc(CCc2ccc(F)cc2)cc1)[C@H]1CCCN(C(=O)C(N)CC(C)C)C1. The topological polar surface area (TPSA) is 49.6 Å². The minimum absolute atomic E-state index is 0.100. The van der Waals surface area contributed by atoms with Crippen LogP contribution in [0.2, 0.25) is 0 Å². The summed E-state index contributed by atoms with van der Waals surface area (Å²) in [7, 11) is 0. The van der Waals surface area contributed by atoms with E-state index in [9.17, 15) is 9.18 Å². The largest absolute Gasteiger partial charge is 0.367 e. The monoisotopic (exact) mass is 481 g/mol. The molecule has 2 aromatic rings. The number of rotatable bonds is 11. The van der Waals surface area contributed by atoms with Crippen molar-refractivity contribution in [1.29, 1.82) is 0 Å². The van der Waals surface area contributed by atoms with E-state index in [4.69, 9.17) is 5.73 Å². The summed E-state index contributed by atoms with van der Waals surface area (Å²) in [5.74, 6) is 0.944. The summed E-state index contributed by atoms with van der Waals surface area (Å²) in [4.78, 5) is 17.5. The van der Waals surface area contributed by atoms with Crippen molar-refractivity contribution in [2.24, 2.45) is 17.6 Å². The number of carbonyl (C=O) groups is 1. The summed E-state index contributed by atoms with van der Waals surface area (Å²) in [6.07, 6.45) is 5.77. The van der Waals surface area contributed by atoms with Crippen molar-refractivity contribution in [2.75, 3.05) is 24.5 Å². The number of hydrogen-bond acceptors (Lipinski definition) is 3. The van der Waals surface area contributed by atoms with Gasteiger partial charge < -0.3 is 15.5 Å². The fraction of sp³-hybridized carbons (Fsp3) is 0.567. The van der Waals surface area contributed by atoms with Crippen LogP contribution in [0.4, 0.5) is 10.1 Å². The van der Waals surface area contributed by atoms with Crippen LogP contribution < -0.4 is 10.6 Å². The number of hydrogen-bond donors (Lipinski definition) is 1. The molecule has 1 heterocycles. The van der Waals surface area contributed by atoms with E-state index in [0.29, 0.717) is 17.9 Å². The maximum Gasteiger partial charge on any atom is 0.239 e. The Morgan fingerprint density at radius 2 is 1.60 bits per heavy atom. The third-order valence-corrected chi connectivity index (χ3v) is 7.02. The van der Waals surface area contributed by atoms with Gasteiger partial charge in [0.2, 0.25) is 5.91 Å². The molecule has 1 amide bonds. The average molecular weight is 482 g/mol. The lowest BCUT2D eigenvalue weighted by Crippen LogP contribution is -2.54.